The molecule has 0 radical (unpaired) electrons. The summed E-state index contributed by atoms with van der Waals surface area (Å²) in [5.41, 5.74) is 0.625. The first-order chi connectivity index (χ1) is 9.47. The highest BCUT2D eigenvalue weighted by Gasteiger charge is 2.24. The molecular formula is C15H23NO3S. The Morgan fingerprint density at radius 2 is 2.10 bits per heavy atom. The lowest BCUT2D eigenvalue weighted by atomic mass is 9.94. The topological polar surface area (TPSA) is 69.6 Å². The Labute approximate surface area is 124 Å². The van der Waals surface area contributed by atoms with Crippen LogP contribution in [0.15, 0.2) is 23.1 Å². The molecule has 0 amide bonds. The molecule has 1 unspecified atom stereocenters. The van der Waals surface area contributed by atoms with Gasteiger partial charge in [-0.1, -0.05) is 19.9 Å². The maximum Gasteiger partial charge on any atom is 0.338 e. The van der Waals surface area contributed by atoms with Gasteiger partial charge in [-0.3, -0.25) is 0 Å². The molecule has 20 heavy (non-hydrogen) atoms. The molecule has 0 aromatic heterocycles. The highest BCUT2D eigenvalue weighted by Crippen LogP contribution is 2.31. The molecule has 0 bridgehead atoms. The predicted octanol–water partition coefficient (Wildman–Crippen LogP) is 3.46. The van der Waals surface area contributed by atoms with Crippen molar-refractivity contribution in [3.05, 3.63) is 23.8 Å². The highest BCUT2D eigenvalue weighted by atomic mass is 32.2. The highest BCUT2D eigenvalue weighted by molar-refractivity contribution is 7.99. The number of hydrogen-bond donors (Lipinski definition) is 3. The first kappa shape index (κ1) is 16.9. The van der Waals surface area contributed by atoms with Gasteiger partial charge < -0.3 is 15.5 Å². The van der Waals surface area contributed by atoms with Gasteiger partial charge in [0.15, 0.2) is 0 Å². The Hall–Kier alpha value is -1.20. The molecule has 5 heteroatoms. The van der Waals surface area contributed by atoms with Gasteiger partial charge in [-0.2, -0.15) is 0 Å². The number of rotatable bonds is 8. The summed E-state index contributed by atoms with van der Waals surface area (Å²) >= 11 is 1.52. The van der Waals surface area contributed by atoms with Crippen molar-refractivity contribution in [2.45, 2.75) is 44.0 Å². The van der Waals surface area contributed by atoms with E-state index in [9.17, 15) is 9.90 Å². The zero-order valence-corrected chi connectivity index (χ0v) is 13.1. The van der Waals surface area contributed by atoms with Crippen molar-refractivity contribution >= 4 is 23.4 Å². The van der Waals surface area contributed by atoms with E-state index in [0.717, 1.165) is 17.1 Å². The van der Waals surface area contributed by atoms with Gasteiger partial charge in [0.1, 0.15) is 0 Å². The van der Waals surface area contributed by atoms with E-state index in [1.165, 1.54) is 11.8 Å². The van der Waals surface area contributed by atoms with Crippen LogP contribution in [-0.2, 0) is 0 Å². The fourth-order valence-electron chi connectivity index (χ4n) is 2.03. The molecule has 0 spiro atoms. The molecule has 4 nitrogen and oxygen atoms in total. The number of carboxylic acid groups (broad SMARTS) is 1. The average Bonchev–Trinajstić information content (AvgIpc) is 2.39. The second kappa shape index (κ2) is 7.55. The molecule has 0 aliphatic carbocycles. The molecule has 0 saturated heterocycles. The van der Waals surface area contributed by atoms with E-state index in [-0.39, 0.29) is 12.1 Å². The lowest BCUT2D eigenvalue weighted by molar-refractivity contribution is 0.0694. The summed E-state index contributed by atoms with van der Waals surface area (Å²) in [6, 6.07) is 5.48. The smallest absolute Gasteiger partial charge is 0.338 e. The van der Waals surface area contributed by atoms with Crippen molar-refractivity contribution < 1.29 is 15.0 Å². The number of anilines is 1. The van der Waals surface area contributed by atoms with E-state index >= 15 is 0 Å². The maximum atomic E-state index is 11.5. The number of aliphatic hydroxyl groups excluding tert-OH is 1. The number of nitrogens with one attached hydrogen (secondary N) is 1. The molecule has 0 saturated carbocycles. The van der Waals surface area contributed by atoms with Crippen molar-refractivity contribution in [2.24, 2.45) is 0 Å². The summed E-state index contributed by atoms with van der Waals surface area (Å²) in [6.07, 6.45) is 1.38. The number of carbonyl (C=O) groups is 1. The summed E-state index contributed by atoms with van der Waals surface area (Å²) in [5, 5.41) is 21.9. The first-order valence-electron chi connectivity index (χ1n) is 6.85. The number of hydrogen-bond acceptors (Lipinski definition) is 4. The van der Waals surface area contributed by atoms with E-state index in [1.54, 1.807) is 6.07 Å². The third-order valence-corrected chi connectivity index (χ3v) is 4.36. The van der Waals surface area contributed by atoms with Gasteiger partial charge in [-0.15, -0.1) is 11.8 Å². The van der Waals surface area contributed by atoms with Crippen molar-refractivity contribution in [1.29, 1.82) is 0 Å². The van der Waals surface area contributed by atoms with Gasteiger partial charge in [0, 0.05) is 17.0 Å². The molecule has 0 fully saturated rings. The van der Waals surface area contributed by atoms with Gasteiger partial charge >= 0.3 is 5.97 Å². The molecule has 3 N–H and O–H groups in total. The van der Waals surface area contributed by atoms with Crippen LogP contribution in [0.5, 0.6) is 0 Å². The van der Waals surface area contributed by atoms with E-state index in [2.05, 4.69) is 5.32 Å². The molecule has 0 aliphatic rings. The van der Waals surface area contributed by atoms with Crippen LogP contribution in [0.25, 0.3) is 0 Å². The molecule has 1 rings (SSSR count). The van der Waals surface area contributed by atoms with Crippen LogP contribution in [0.4, 0.5) is 5.69 Å². The van der Waals surface area contributed by atoms with Gasteiger partial charge in [0.05, 0.1) is 11.3 Å². The summed E-state index contributed by atoms with van der Waals surface area (Å²) < 4.78 is 0. The largest absolute Gasteiger partial charge is 0.478 e. The SMILES string of the molecule is CCSc1cccc(NC(C)(CC)CCO)c1C(=O)O. The second-order valence-electron chi connectivity index (χ2n) is 4.93. The number of thioether (sulfide) groups is 1. The van der Waals surface area contributed by atoms with Gasteiger partial charge in [0.2, 0.25) is 0 Å². The Balaban J connectivity index is 3.17. The summed E-state index contributed by atoms with van der Waals surface area (Å²) in [7, 11) is 0. The minimum atomic E-state index is -0.925. The number of benzene rings is 1. The third-order valence-electron chi connectivity index (χ3n) is 3.42. The van der Waals surface area contributed by atoms with Crippen LogP contribution >= 0.6 is 11.8 Å². The molecule has 112 valence electrons. The molecular weight excluding hydrogens is 274 g/mol. The maximum absolute atomic E-state index is 11.5. The lowest BCUT2D eigenvalue weighted by Gasteiger charge is -2.31. The average molecular weight is 297 g/mol. The van der Waals surface area contributed by atoms with Crippen molar-refractivity contribution in [3.63, 3.8) is 0 Å². The fraction of sp³-hybridized carbons (Fsp3) is 0.533. The molecule has 0 aliphatic heterocycles. The van der Waals surface area contributed by atoms with Crippen LogP contribution in [0.3, 0.4) is 0 Å². The van der Waals surface area contributed by atoms with Crippen molar-refractivity contribution in [2.75, 3.05) is 17.7 Å². The molecule has 0 heterocycles. The van der Waals surface area contributed by atoms with E-state index in [4.69, 9.17) is 5.11 Å². The zero-order chi connectivity index (χ0) is 15.2. The fourth-order valence-corrected chi connectivity index (χ4v) is 2.86. The van der Waals surface area contributed by atoms with Crippen LogP contribution in [0.1, 0.15) is 44.0 Å². The van der Waals surface area contributed by atoms with Crippen LogP contribution < -0.4 is 5.32 Å². The Morgan fingerprint density at radius 3 is 2.60 bits per heavy atom. The van der Waals surface area contributed by atoms with E-state index < -0.39 is 5.97 Å². The summed E-state index contributed by atoms with van der Waals surface area (Å²) in [6.45, 7) is 6.09. The van der Waals surface area contributed by atoms with Crippen molar-refractivity contribution in [1.82, 2.24) is 0 Å². The number of carboxylic acids is 1. The number of aromatic carboxylic acids is 1. The Kier molecular flexibility index (Phi) is 6.36. The normalized spacial score (nSPS) is 13.8. The standard InChI is InChI=1S/C15H23NO3S/c1-4-15(3,9-10-17)16-11-7-6-8-12(20-5-2)13(11)14(18)19/h6-8,16-17H,4-5,9-10H2,1-3H3,(H,18,19). The minimum absolute atomic E-state index is 0.0726. The van der Waals surface area contributed by atoms with Gasteiger partial charge in [-0.05, 0) is 37.7 Å². The quantitative estimate of drug-likeness (QED) is 0.641. The summed E-state index contributed by atoms with van der Waals surface area (Å²) in [4.78, 5) is 12.3. The zero-order valence-electron chi connectivity index (χ0n) is 12.3. The molecule has 1 aromatic rings. The second-order valence-corrected chi connectivity index (χ2v) is 6.24. The number of aliphatic hydroxyl groups is 1. The van der Waals surface area contributed by atoms with Crippen LogP contribution in [0, 0.1) is 0 Å². The first-order valence-corrected chi connectivity index (χ1v) is 7.84. The van der Waals surface area contributed by atoms with Gasteiger partial charge in [-0.25, -0.2) is 4.79 Å². The van der Waals surface area contributed by atoms with Crippen molar-refractivity contribution in [3.8, 4) is 0 Å². The Bertz CT molecular complexity index is 464. The third kappa shape index (κ3) is 4.15. The Morgan fingerprint density at radius 1 is 1.40 bits per heavy atom. The van der Waals surface area contributed by atoms with E-state index in [1.807, 2.05) is 32.9 Å². The van der Waals surface area contributed by atoms with Crippen LogP contribution in [0.2, 0.25) is 0 Å². The molecule has 1 aromatic carbocycles. The monoisotopic (exact) mass is 297 g/mol. The predicted molar refractivity (Wildman–Crippen MR) is 83.8 cm³/mol. The van der Waals surface area contributed by atoms with E-state index in [0.29, 0.717) is 17.7 Å². The lowest BCUT2D eigenvalue weighted by Crippen LogP contribution is -2.35. The summed E-state index contributed by atoms with van der Waals surface area (Å²) in [5.74, 6) is -0.0997. The minimum Gasteiger partial charge on any atom is -0.478 e. The molecule has 1 atom stereocenters. The van der Waals surface area contributed by atoms with Gasteiger partial charge in [0.25, 0.3) is 0 Å². The van der Waals surface area contributed by atoms with Crippen LogP contribution in [-0.4, -0.2) is 34.1 Å².